The van der Waals surface area contributed by atoms with E-state index in [4.69, 9.17) is 4.74 Å². The first-order chi connectivity index (χ1) is 8.66. The molecule has 0 aromatic carbocycles. The quantitative estimate of drug-likeness (QED) is 0.735. The van der Waals surface area contributed by atoms with Crippen LogP contribution in [0.5, 0.6) is 0 Å². The predicted molar refractivity (Wildman–Crippen MR) is 64.7 cm³/mol. The van der Waals surface area contributed by atoms with Gasteiger partial charge in [0, 0.05) is 26.2 Å². The smallest absolute Gasteiger partial charge is 0.329 e. The van der Waals surface area contributed by atoms with E-state index >= 15 is 0 Å². The molecular formula is C11H14N4O3. The Labute approximate surface area is 102 Å². The zero-order valence-electron chi connectivity index (χ0n) is 10.0. The molecule has 0 aliphatic carbocycles. The number of aromatic nitrogens is 4. The van der Waals surface area contributed by atoms with Crippen molar-refractivity contribution < 1.29 is 4.74 Å². The van der Waals surface area contributed by atoms with Gasteiger partial charge in [-0.3, -0.25) is 14.3 Å². The third kappa shape index (κ3) is 1.67. The van der Waals surface area contributed by atoms with Crippen molar-refractivity contribution in [3.8, 4) is 0 Å². The Balaban J connectivity index is 2.16. The molecule has 7 heteroatoms. The highest BCUT2D eigenvalue weighted by atomic mass is 16.5. The zero-order chi connectivity index (χ0) is 12.7. The Morgan fingerprint density at radius 3 is 2.72 bits per heavy atom. The Kier molecular flexibility index (Phi) is 2.55. The molecule has 1 aliphatic heterocycles. The lowest BCUT2D eigenvalue weighted by molar-refractivity contribution is 0.0838. The van der Waals surface area contributed by atoms with Crippen LogP contribution in [-0.4, -0.2) is 32.7 Å². The molecule has 1 saturated heterocycles. The molecule has 0 saturated carbocycles. The highest BCUT2D eigenvalue weighted by Gasteiger charge is 2.21. The number of aryl methyl sites for hydroxylation is 1. The minimum Gasteiger partial charge on any atom is -0.381 e. The van der Waals surface area contributed by atoms with Gasteiger partial charge in [0.2, 0.25) is 0 Å². The maximum absolute atomic E-state index is 11.7. The number of hydrogen-bond acceptors (Lipinski definition) is 4. The molecule has 2 aromatic heterocycles. The van der Waals surface area contributed by atoms with Gasteiger partial charge in [-0.1, -0.05) is 0 Å². The summed E-state index contributed by atoms with van der Waals surface area (Å²) in [6, 6.07) is 0. The number of nitrogens with one attached hydrogen (secondary N) is 2. The third-order valence-electron chi connectivity index (χ3n) is 3.38. The largest absolute Gasteiger partial charge is 0.381 e. The van der Waals surface area contributed by atoms with E-state index in [1.165, 1.54) is 4.57 Å². The van der Waals surface area contributed by atoms with Gasteiger partial charge in [-0.05, 0) is 12.8 Å². The van der Waals surface area contributed by atoms with Gasteiger partial charge in [0.05, 0.1) is 0 Å². The van der Waals surface area contributed by atoms with Crippen LogP contribution in [0, 0.1) is 0 Å². The van der Waals surface area contributed by atoms with Crippen molar-refractivity contribution >= 4 is 11.2 Å². The van der Waals surface area contributed by atoms with Gasteiger partial charge in [-0.2, -0.15) is 0 Å². The summed E-state index contributed by atoms with van der Waals surface area (Å²) in [6.45, 7) is 1.41. The monoisotopic (exact) mass is 250 g/mol. The van der Waals surface area contributed by atoms with Crippen molar-refractivity contribution in [1.29, 1.82) is 0 Å². The van der Waals surface area contributed by atoms with Gasteiger partial charge in [0.1, 0.15) is 11.3 Å². The summed E-state index contributed by atoms with van der Waals surface area (Å²) in [5.74, 6) is 1.03. The van der Waals surface area contributed by atoms with E-state index in [0.29, 0.717) is 24.4 Å². The standard InChI is InChI=1S/C11H14N4O3/c1-15-9-7(10(16)14-11(15)17)12-8(13-9)6-2-4-18-5-3-6/h6H,2-5H2,1H3,(H,12,13)(H,14,16,17). The number of aromatic amines is 2. The lowest BCUT2D eigenvalue weighted by Crippen LogP contribution is -2.28. The average molecular weight is 250 g/mol. The van der Waals surface area contributed by atoms with Crippen molar-refractivity contribution in [3.63, 3.8) is 0 Å². The van der Waals surface area contributed by atoms with E-state index in [0.717, 1.165) is 18.7 Å². The molecule has 0 spiro atoms. The molecular weight excluding hydrogens is 236 g/mol. The first kappa shape index (κ1) is 11.2. The van der Waals surface area contributed by atoms with E-state index in [2.05, 4.69) is 15.0 Å². The highest BCUT2D eigenvalue weighted by Crippen LogP contribution is 2.25. The van der Waals surface area contributed by atoms with Gasteiger partial charge in [-0.25, -0.2) is 9.78 Å². The second-order valence-corrected chi connectivity index (χ2v) is 4.53. The van der Waals surface area contributed by atoms with Crippen LogP contribution < -0.4 is 11.2 Å². The molecule has 1 aliphatic rings. The number of imidazole rings is 1. The summed E-state index contributed by atoms with van der Waals surface area (Å²) >= 11 is 0. The number of nitrogens with zero attached hydrogens (tertiary/aromatic N) is 2. The summed E-state index contributed by atoms with van der Waals surface area (Å²) in [4.78, 5) is 32.8. The molecule has 2 N–H and O–H groups in total. The zero-order valence-corrected chi connectivity index (χ0v) is 10.0. The molecule has 0 bridgehead atoms. The van der Waals surface area contributed by atoms with Crippen LogP contribution in [0.4, 0.5) is 0 Å². The van der Waals surface area contributed by atoms with Crippen LogP contribution in [0.3, 0.4) is 0 Å². The summed E-state index contributed by atoms with van der Waals surface area (Å²) in [5, 5.41) is 0. The fourth-order valence-corrected chi connectivity index (χ4v) is 2.29. The molecule has 0 atom stereocenters. The van der Waals surface area contributed by atoms with Gasteiger partial charge in [0.25, 0.3) is 5.56 Å². The number of rotatable bonds is 1. The maximum Gasteiger partial charge on any atom is 0.329 e. The maximum atomic E-state index is 11.7. The Morgan fingerprint density at radius 1 is 1.28 bits per heavy atom. The van der Waals surface area contributed by atoms with Gasteiger partial charge in [0.15, 0.2) is 5.65 Å². The van der Waals surface area contributed by atoms with Crippen molar-refractivity contribution in [2.45, 2.75) is 18.8 Å². The first-order valence-corrected chi connectivity index (χ1v) is 5.93. The Hall–Kier alpha value is -1.89. The molecule has 18 heavy (non-hydrogen) atoms. The lowest BCUT2D eigenvalue weighted by Gasteiger charge is -2.19. The summed E-state index contributed by atoms with van der Waals surface area (Å²) in [7, 11) is 1.59. The SMILES string of the molecule is Cn1c(=O)[nH]c(=O)c2[nH]c(C3CCOCC3)nc21. The average Bonchev–Trinajstić information content (AvgIpc) is 2.83. The molecule has 2 aromatic rings. The Morgan fingerprint density at radius 2 is 2.00 bits per heavy atom. The summed E-state index contributed by atoms with van der Waals surface area (Å²) < 4.78 is 6.64. The highest BCUT2D eigenvalue weighted by molar-refractivity contribution is 5.69. The minimum absolute atomic E-state index is 0.264. The van der Waals surface area contributed by atoms with Gasteiger partial charge >= 0.3 is 5.69 Å². The Bertz CT molecular complexity index is 690. The van der Waals surface area contributed by atoms with Crippen molar-refractivity contribution in [3.05, 3.63) is 26.7 Å². The van der Waals surface area contributed by atoms with Crippen molar-refractivity contribution in [2.24, 2.45) is 7.05 Å². The van der Waals surface area contributed by atoms with Crippen LogP contribution >= 0.6 is 0 Å². The van der Waals surface area contributed by atoms with Crippen LogP contribution in [0.15, 0.2) is 9.59 Å². The molecule has 3 heterocycles. The molecule has 7 nitrogen and oxygen atoms in total. The van der Waals surface area contributed by atoms with E-state index in [1.807, 2.05) is 0 Å². The van der Waals surface area contributed by atoms with E-state index in [-0.39, 0.29) is 5.92 Å². The van der Waals surface area contributed by atoms with Crippen LogP contribution in [0.25, 0.3) is 11.2 Å². The van der Waals surface area contributed by atoms with E-state index in [9.17, 15) is 9.59 Å². The second-order valence-electron chi connectivity index (χ2n) is 4.53. The molecule has 0 radical (unpaired) electrons. The van der Waals surface area contributed by atoms with Crippen LogP contribution in [0.1, 0.15) is 24.6 Å². The normalized spacial score (nSPS) is 17.4. The fourth-order valence-electron chi connectivity index (χ4n) is 2.29. The molecule has 96 valence electrons. The third-order valence-corrected chi connectivity index (χ3v) is 3.38. The predicted octanol–water partition coefficient (Wildman–Crippen LogP) is -0.156. The van der Waals surface area contributed by atoms with Crippen molar-refractivity contribution in [2.75, 3.05) is 13.2 Å². The minimum atomic E-state index is -0.447. The first-order valence-electron chi connectivity index (χ1n) is 5.93. The molecule has 0 amide bonds. The van der Waals surface area contributed by atoms with Crippen LogP contribution in [0.2, 0.25) is 0 Å². The molecule has 3 rings (SSSR count). The van der Waals surface area contributed by atoms with Gasteiger partial charge < -0.3 is 9.72 Å². The van der Waals surface area contributed by atoms with Crippen LogP contribution in [-0.2, 0) is 11.8 Å². The molecule has 0 unspecified atom stereocenters. The number of hydrogen-bond donors (Lipinski definition) is 2. The van der Waals surface area contributed by atoms with E-state index < -0.39 is 11.2 Å². The van der Waals surface area contributed by atoms with E-state index in [1.54, 1.807) is 7.05 Å². The summed E-state index contributed by atoms with van der Waals surface area (Å²) in [6.07, 6.45) is 1.76. The lowest BCUT2D eigenvalue weighted by atomic mass is 10.00. The number of fused-ring (bicyclic) bond motifs is 1. The fraction of sp³-hybridized carbons (Fsp3) is 0.545. The second kappa shape index (κ2) is 4.09. The summed E-state index contributed by atoms with van der Waals surface area (Å²) in [5.41, 5.74) is -0.0970. The number of H-pyrrole nitrogens is 2. The topological polar surface area (TPSA) is 92.8 Å². The molecule has 1 fully saturated rings. The van der Waals surface area contributed by atoms with Gasteiger partial charge in [-0.15, -0.1) is 0 Å². The van der Waals surface area contributed by atoms with Crippen molar-refractivity contribution in [1.82, 2.24) is 19.5 Å². The number of ether oxygens (including phenoxy) is 1.